The highest BCUT2D eigenvalue weighted by Crippen LogP contribution is 2.06. The number of hydrogen-bond donors (Lipinski definition) is 1. The van der Waals surface area contributed by atoms with Crippen LogP contribution in [0.2, 0.25) is 0 Å². The van der Waals surface area contributed by atoms with Crippen LogP contribution in [0, 0.1) is 0 Å². The normalized spacial score (nSPS) is 22.6. The molecule has 0 bridgehead atoms. The molecule has 0 spiro atoms. The Bertz CT molecular complexity index is 337. The number of benzene rings is 1. The van der Waals surface area contributed by atoms with Gasteiger partial charge in [-0.3, -0.25) is 4.79 Å². The summed E-state index contributed by atoms with van der Waals surface area (Å²) in [7, 11) is 2.05. The summed E-state index contributed by atoms with van der Waals surface area (Å²) in [6.45, 7) is 2.70. The minimum Gasteiger partial charge on any atom is -0.305 e. The number of hydrogen-bond acceptors (Lipinski definition) is 3. The molecule has 1 aliphatic rings. The SMILES string of the molecule is CN1CCNC(C(=O)c2ccccc2)C1. The first-order valence-electron chi connectivity index (χ1n) is 5.28. The van der Waals surface area contributed by atoms with Crippen LogP contribution in [0.3, 0.4) is 0 Å². The molecule has 1 saturated heterocycles. The lowest BCUT2D eigenvalue weighted by Crippen LogP contribution is -2.52. The Morgan fingerprint density at radius 2 is 2.13 bits per heavy atom. The van der Waals surface area contributed by atoms with E-state index >= 15 is 0 Å². The van der Waals surface area contributed by atoms with Crippen molar-refractivity contribution in [2.75, 3.05) is 26.7 Å². The molecule has 1 aromatic carbocycles. The van der Waals surface area contributed by atoms with Crippen LogP contribution in [0.25, 0.3) is 0 Å². The van der Waals surface area contributed by atoms with Crippen molar-refractivity contribution in [2.45, 2.75) is 6.04 Å². The van der Waals surface area contributed by atoms with Crippen molar-refractivity contribution in [3.8, 4) is 0 Å². The smallest absolute Gasteiger partial charge is 0.181 e. The van der Waals surface area contributed by atoms with Crippen LogP contribution in [0.4, 0.5) is 0 Å². The number of nitrogens with one attached hydrogen (secondary N) is 1. The van der Waals surface area contributed by atoms with E-state index in [4.69, 9.17) is 0 Å². The van der Waals surface area contributed by atoms with E-state index in [9.17, 15) is 4.79 Å². The van der Waals surface area contributed by atoms with Crippen LogP contribution in [0.1, 0.15) is 10.4 Å². The van der Waals surface area contributed by atoms with Crippen molar-refractivity contribution in [1.29, 1.82) is 0 Å². The minimum atomic E-state index is -0.0499. The van der Waals surface area contributed by atoms with Crippen molar-refractivity contribution in [3.05, 3.63) is 35.9 Å². The number of likely N-dealkylation sites (N-methyl/N-ethyl adjacent to an activating group) is 1. The number of rotatable bonds is 2. The van der Waals surface area contributed by atoms with Gasteiger partial charge in [0.05, 0.1) is 6.04 Å². The van der Waals surface area contributed by atoms with Crippen LogP contribution < -0.4 is 5.32 Å². The lowest BCUT2D eigenvalue weighted by Gasteiger charge is -2.29. The van der Waals surface area contributed by atoms with Gasteiger partial charge in [-0.25, -0.2) is 0 Å². The molecule has 80 valence electrons. The Kier molecular flexibility index (Phi) is 3.14. The summed E-state index contributed by atoms with van der Waals surface area (Å²) in [5.41, 5.74) is 0.797. The van der Waals surface area contributed by atoms with E-state index in [1.54, 1.807) is 0 Å². The summed E-state index contributed by atoms with van der Waals surface area (Å²) < 4.78 is 0. The zero-order valence-electron chi connectivity index (χ0n) is 8.94. The molecule has 0 aliphatic carbocycles. The van der Waals surface area contributed by atoms with Crippen molar-refractivity contribution >= 4 is 5.78 Å². The fourth-order valence-electron chi connectivity index (χ4n) is 1.88. The number of ketones is 1. The fourth-order valence-corrected chi connectivity index (χ4v) is 1.88. The van der Waals surface area contributed by atoms with Gasteiger partial charge in [-0.15, -0.1) is 0 Å². The van der Waals surface area contributed by atoms with E-state index in [0.29, 0.717) is 0 Å². The third-order valence-electron chi connectivity index (χ3n) is 2.75. The Balaban J connectivity index is 2.08. The van der Waals surface area contributed by atoms with Crippen molar-refractivity contribution in [1.82, 2.24) is 10.2 Å². The number of carbonyl (C=O) groups excluding carboxylic acids is 1. The first-order valence-corrected chi connectivity index (χ1v) is 5.28. The highest BCUT2D eigenvalue weighted by atomic mass is 16.1. The second kappa shape index (κ2) is 4.55. The fraction of sp³-hybridized carbons (Fsp3) is 0.417. The maximum absolute atomic E-state index is 12.1. The number of carbonyl (C=O) groups is 1. The minimum absolute atomic E-state index is 0.0499. The molecule has 3 heteroatoms. The van der Waals surface area contributed by atoms with Gasteiger partial charge in [0.15, 0.2) is 5.78 Å². The molecule has 1 aliphatic heterocycles. The van der Waals surface area contributed by atoms with Gasteiger partial charge in [0.25, 0.3) is 0 Å². The van der Waals surface area contributed by atoms with Crippen LogP contribution in [0.5, 0.6) is 0 Å². The molecule has 0 radical (unpaired) electrons. The molecule has 1 heterocycles. The molecule has 1 unspecified atom stereocenters. The van der Waals surface area contributed by atoms with Crippen LogP contribution >= 0.6 is 0 Å². The van der Waals surface area contributed by atoms with Gasteiger partial charge in [-0.05, 0) is 7.05 Å². The van der Waals surface area contributed by atoms with Gasteiger partial charge in [-0.2, -0.15) is 0 Å². The van der Waals surface area contributed by atoms with E-state index in [-0.39, 0.29) is 11.8 Å². The lowest BCUT2D eigenvalue weighted by molar-refractivity contribution is 0.0894. The topological polar surface area (TPSA) is 32.3 Å². The number of nitrogens with zero attached hydrogens (tertiary/aromatic N) is 1. The van der Waals surface area contributed by atoms with E-state index in [1.165, 1.54) is 0 Å². The maximum Gasteiger partial charge on any atom is 0.181 e. The number of Topliss-reactive ketones (excluding diaryl/α,β-unsaturated/α-hetero) is 1. The standard InChI is InChI=1S/C12H16N2O/c1-14-8-7-13-11(9-14)12(15)10-5-3-2-4-6-10/h2-6,11,13H,7-9H2,1H3. The Morgan fingerprint density at radius 3 is 2.80 bits per heavy atom. The molecule has 1 atom stereocenters. The molecular formula is C12H16N2O. The van der Waals surface area contributed by atoms with Crippen molar-refractivity contribution in [2.24, 2.45) is 0 Å². The van der Waals surface area contributed by atoms with Crippen molar-refractivity contribution < 1.29 is 4.79 Å². The third-order valence-corrected chi connectivity index (χ3v) is 2.75. The summed E-state index contributed by atoms with van der Waals surface area (Å²) in [6.07, 6.45) is 0. The Hall–Kier alpha value is -1.19. The molecule has 3 nitrogen and oxygen atoms in total. The van der Waals surface area contributed by atoms with Gasteiger partial charge in [0, 0.05) is 25.2 Å². The highest BCUT2D eigenvalue weighted by Gasteiger charge is 2.23. The third kappa shape index (κ3) is 2.43. The zero-order valence-corrected chi connectivity index (χ0v) is 8.94. The first kappa shape index (κ1) is 10.3. The molecule has 0 amide bonds. The quantitative estimate of drug-likeness (QED) is 0.722. The monoisotopic (exact) mass is 204 g/mol. The second-order valence-electron chi connectivity index (χ2n) is 4.00. The second-order valence-corrected chi connectivity index (χ2v) is 4.00. The predicted octanol–water partition coefficient (Wildman–Crippen LogP) is 0.773. The molecule has 0 aromatic heterocycles. The van der Waals surface area contributed by atoms with Crippen LogP contribution in [0.15, 0.2) is 30.3 Å². The first-order chi connectivity index (χ1) is 7.27. The molecule has 0 saturated carbocycles. The van der Waals surface area contributed by atoms with Crippen LogP contribution in [-0.2, 0) is 0 Å². The molecular weight excluding hydrogens is 188 g/mol. The zero-order chi connectivity index (χ0) is 10.7. The van der Waals surface area contributed by atoms with E-state index in [0.717, 1.165) is 25.2 Å². The van der Waals surface area contributed by atoms with Crippen molar-refractivity contribution in [3.63, 3.8) is 0 Å². The summed E-state index contributed by atoms with van der Waals surface area (Å²) in [5.74, 6) is 0.196. The summed E-state index contributed by atoms with van der Waals surface area (Å²) >= 11 is 0. The molecule has 15 heavy (non-hydrogen) atoms. The lowest BCUT2D eigenvalue weighted by atomic mass is 10.0. The summed E-state index contributed by atoms with van der Waals surface area (Å²) in [4.78, 5) is 14.2. The molecule has 1 fully saturated rings. The summed E-state index contributed by atoms with van der Waals surface area (Å²) in [5, 5.41) is 3.26. The van der Waals surface area contributed by atoms with Gasteiger partial charge in [0.2, 0.25) is 0 Å². The average molecular weight is 204 g/mol. The van der Waals surface area contributed by atoms with Gasteiger partial charge in [-0.1, -0.05) is 30.3 Å². The maximum atomic E-state index is 12.1. The van der Waals surface area contributed by atoms with E-state index in [1.807, 2.05) is 37.4 Å². The average Bonchev–Trinajstić information content (AvgIpc) is 2.29. The van der Waals surface area contributed by atoms with E-state index < -0.39 is 0 Å². The highest BCUT2D eigenvalue weighted by molar-refractivity contribution is 6.00. The largest absolute Gasteiger partial charge is 0.305 e. The van der Waals surface area contributed by atoms with E-state index in [2.05, 4.69) is 10.2 Å². The Labute approximate surface area is 90.1 Å². The molecule has 1 aromatic rings. The van der Waals surface area contributed by atoms with Gasteiger partial charge < -0.3 is 10.2 Å². The Morgan fingerprint density at radius 1 is 1.40 bits per heavy atom. The van der Waals surface area contributed by atoms with Gasteiger partial charge in [0.1, 0.15) is 0 Å². The summed E-state index contributed by atoms with van der Waals surface area (Å²) in [6, 6.07) is 9.43. The van der Waals surface area contributed by atoms with Crippen LogP contribution in [-0.4, -0.2) is 43.4 Å². The molecule has 2 rings (SSSR count). The molecule has 1 N–H and O–H groups in total. The number of piperazine rings is 1. The predicted molar refractivity (Wildman–Crippen MR) is 60.1 cm³/mol. The van der Waals surface area contributed by atoms with Gasteiger partial charge >= 0.3 is 0 Å².